The van der Waals surface area contributed by atoms with Crippen molar-refractivity contribution >= 4 is 0 Å². The minimum Gasteiger partial charge on any atom is -0.299 e. The molecule has 1 rings (SSSR count). The molecule has 77 valence electrons. The molecule has 1 radical (unpaired) electrons. The molecule has 0 atom stereocenters. The molecule has 1 aromatic carbocycles. The Bertz CT molecular complexity index is 330. The van der Waals surface area contributed by atoms with Gasteiger partial charge in [-0.3, -0.25) is 4.90 Å². The number of rotatable bonds is 2. The van der Waals surface area contributed by atoms with Gasteiger partial charge in [0.15, 0.2) is 0 Å². The van der Waals surface area contributed by atoms with Crippen LogP contribution in [-0.2, 0) is 39.1 Å². The first-order chi connectivity index (χ1) is 6.72. The summed E-state index contributed by atoms with van der Waals surface area (Å²) in [5.74, 6) is 6.20. The van der Waals surface area contributed by atoms with Crippen molar-refractivity contribution in [1.29, 1.82) is 0 Å². The molecule has 0 unspecified atom stereocenters. The van der Waals surface area contributed by atoms with Crippen molar-refractivity contribution in [2.75, 3.05) is 20.6 Å². The van der Waals surface area contributed by atoms with Gasteiger partial charge in [-0.05, 0) is 14.1 Å². The number of hydrogen-bond acceptors (Lipinski definition) is 1. The summed E-state index contributed by atoms with van der Waals surface area (Å²) in [6.45, 7) is 2.93. The summed E-state index contributed by atoms with van der Waals surface area (Å²) in [5, 5.41) is 0. The summed E-state index contributed by atoms with van der Waals surface area (Å²) in [4.78, 5) is 2.05. The molecular formula is C13H16NY-. The van der Waals surface area contributed by atoms with Crippen LogP contribution in [0.4, 0.5) is 0 Å². The van der Waals surface area contributed by atoms with Gasteiger partial charge in [-0.2, -0.15) is 29.8 Å². The summed E-state index contributed by atoms with van der Waals surface area (Å²) < 4.78 is 0. The molecule has 0 heterocycles. The molecule has 0 aliphatic heterocycles. The van der Waals surface area contributed by atoms with Crippen LogP contribution in [0.1, 0.15) is 18.1 Å². The van der Waals surface area contributed by atoms with E-state index in [0.29, 0.717) is 0 Å². The van der Waals surface area contributed by atoms with Crippen LogP contribution in [0, 0.1) is 17.9 Å². The average Bonchev–Trinajstić information content (AvgIpc) is 2.18. The Morgan fingerprint density at radius 1 is 1.33 bits per heavy atom. The predicted octanol–water partition coefficient (Wildman–Crippen LogP) is 1.96. The van der Waals surface area contributed by atoms with Crippen LogP contribution in [0.3, 0.4) is 0 Å². The Morgan fingerprint density at radius 3 is 2.53 bits per heavy atom. The molecule has 0 saturated heterocycles. The van der Waals surface area contributed by atoms with Crippen LogP contribution in [0.25, 0.3) is 0 Å². The minimum atomic E-state index is 0. The van der Waals surface area contributed by atoms with E-state index in [4.69, 9.17) is 0 Å². The van der Waals surface area contributed by atoms with Crippen LogP contribution in [-0.4, -0.2) is 25.5 Å². The minimum absolute atomic E-state index is 0. The van der Waals surface area contributed by atoms with Crippen molar-refractivity contribution in [2.24, 2.45) is 0 Å². The second-order valence-corrected chi connectivity index (χ2v) is 3.50. The number of aryl methyl sites for hydroxylation is 1. The summed E-state index contributed by atoms with van der Waals surface area (Å²) in [6.07, 6.45) is 1.03. The molecule has 0 spiro atoms. The maximum atomic E-state index is 3.21. The van der Waals surface area contributed by atoms with Crippen LogP contribution < -0.4 is 0 Å². The summed E-state index contributed by atoms with van der Waals surface area (Å²) in [7, 11) is 4.03. The van der Waals surface area contributed by atoms with E-state index >= 15 is 0 Å². The molecule has 2 heteroatoms. The zero-order valence-corrected chi connectivity index (χ0v) is 12.5. The van der Waals surface area contributed by atoms with Crippen molar-refractivity contribution in [2.45, 2.75) is 13.3 Å². The molecule has 0 aliphatic carbocycles. The van der Waals surface area contributed by atoms with Crippen molar-refractivity contribution in [3.63, 3.8) is 0 Å². The molecule has 0 aliphatic rings. The third-order valence-corrected chi connectivity index (χ3v) is 1.89. The second kappa shape index (κ2) is 8.05. The normalized spacial score (nSPS) is 9.07. The number of hydrogen-bond donors (Lipinski definition) is 0. The molecule has 0 fully saturated rings. The topological polar surface area (TPSA) is 3.24 Å². The van der Waals surface area contributed by atoms with Crippen LogP contribution in [0.5, 0.6) is 0 Å². The first-order valence-electron chi connectivity index (χ1n) is 4.86. The Labute approximate surface area is 118 Å². The third kappa shape index (κ3) is 6.10. The monoisotopic (exact) mass is 275 g/mol. The van der Waals surface area contributed by atoms with E-state index in [-0.39, 0.29) is 32.7 Å². The molecule has 1 nitrogen and oxygen atoms in total. The van der Waals surface area contributed by atoms with Crippen molar-refractivity contribution < 1.29 is 32.7 Å². The Kier molecular flexibility index (Phi) is 7.97. The standard InChI is InChI=1S/C13H16N.Y/c1-4-12-7-9-13(10-8-12)6-5-11-14(2)3;/h7,9-10H,4,11H2,1-3H3;/q-1;. The molecule has 0 bridgehead atoms. The fourth-order valence-electron chi connectivity index (χ4n) is 1.05. The molecule has 0 N–H and O–H groups in total. The second-order valence-electron chi connectivity index (χ2n) is 3.50. The zero-order valence-electron chi connectivity index (χ0n) is 9.67. The van der Waals surface area contributed by atoms with E-state index in [1.807, 2.05) is 20.2 Å². The van der Waals surface area contributed by atoms with Gasteiger partial charge in [-0.25, -0.2) is 0 Å². The van der Waals surface area contributed by atoms with Crippen LogP contribution >= 0.6 is 0 Å². The summed E-state index contributed by atoms with van der Waals surface area (Å²) in [6, 6.07) is 9.31. The van der Waals surface area contributed by atoms with E-state index in [1.165, 1.54) is 5.56 Å². The fraction of sp³-hybridized carbons (Fsp3) is 0.385. The quantitative estimate of drug-likeness (QED) is 0.589. The first kappa shape index (κ1) is 14.8. The number of benzene rings is 1. The van der Waals surface area contributed by atoms with Crippen molar-refractivity contribution in [3.05, 3.63) is 35.4 Å². The van der Waals surface area contributed by atoms with Gasteiger partial charge < -0.3 is 0 Å². The van der Waals surface area contributed by atoms with E-state index in [1.54, 1.807) is 0 Å². The number of nitrogens with zero attached hydrogens (tertiary/aromatic N) is 1. The van der Waals surface area contributed by atoms with E-state index in [0.717, 1.165) is 18.5 Å². The van der Waals surface area contributed by atoms with Gasteiger partial charge in [-0.15, -0.1) is 5.92 Å². The van der Waals surface area contributed by atoms with Gasteiger partial charge >= 0.3 is 0 Å². The molecule has 0 amide bonds. The molecular weight excluding hydrogens is 259 g/mol. The van der Waals surface area contributed by atoms with E-state index < -0.39 is 0 Å². The third-order valence-electron chi connectivity index (χ3n) is 1.89. The van der Waals surface area contributed by atoms with E-state index in [2.05, 4.69) is 41.9 Å². The SMILES string of the molecule is CCc1[c-]cc(C#CCN(C)C)cc1.[Y]. The van der Waals surface area contributed by atoms with Gasteiger partial charge in [-0.1, -0.05) is 24.8 Å². The zero-order chi connectivity index (χ0) is 10.4. The van der Waals surface area contributed by atoms with Crippen LogP contribution in [0.15, 0.2) is 18.2 Å². The van der Waals surface area contributed by atoms with Gasteiger partial charge in [0.2, 0.25) is 0 Å². The first-order valence-corrected chi connectivity index (χ1v) is 4.86. The summed E-state index contributed by atoms with van der Waals surface area (Å²) >= 11 is 0. The average molecular weight is 275 g/mol. The maximum absolute atomic E-state index is 3.21. The van der Waals surface area contributed by atoms with Gasteiger partial charge in [0, 0.05) is 32.7 Å². The fourth-order valence-corrected chi connectivity index (χ4v) is 1.05. The van der Waals surface area contributed by atoms with Gasteiger partial charge in [0.1, 0.15) is 0 Å². The van der Waals surface area contributed by atoms with Crippen molar-refractivity contribution in [1.82, 2.24) is 4.90 Å². The van der Waals surface area contributed by atoms with Crippen molar-refractivity contribution in [3.8, 4) is 11.8 Å². The molecule has 0 aromatic heterocycles. The summed E-state index contributed by atoms with van der Waals surface area (Å²) in [5.41, 5.74) is 2.28. The molecule has 1 aromatic rings. The van der Waals surface area contributed by atoms with Gasteiger partial charge in [0.25, 0.3) is 0 Å². The maximum Gasteiger partial charge on any atom is 0.0589 e. The van der Waals surface area contributed by atoms with E-state index in [9.17, 15) is 0 Å². The predicted molar refractivity (Wildman–Crippen MR) is 60.1 cm³/mol. The molecule has 0 saturated carbocycles. The molecule has 15 heavy (non-hydrogen) atoms. The Morgan fingerprint density at radius 2 is 2.07 bits per heavy atom. The Hall–Kier alpha value is -0.156. The Balaban J connectivity index is 0.00000196. The van der Waals surface area contributed by atoms with Crippen LogP contribution in [0.2, 0.25) is 0 Å². The smallest absolute Gasteiger partial charge is 0.0589 e. The van der Waals surface area contributed by atoms with Gasteiger partial charge in [0.05, 0.1) is 6.54 Å². The largest absolute Gasteiger partial charge is 0.299 e.